The summed E-state index contributed by atoms with van der Waals surface area (Å²) in [6.45, 7) is 5.13. The molecule has 5 nitrogen and oxygen atoms in total. The first-order valence-electron chi connectivity index (χ1n) is 6.10. The van der Waals surface area contributed by atoms with Crippen LogP contribution in [0.2, 0.25) is 0 Å². The van der Waals surface area contributed by atoms with Crippen molar-refractivity contribution in [2.75, 3.05) is 31.2 Å². The lowest BCUT2D eigenvalue weighted by Gasteiger charge is -2.37. The highest BCUT2D eigenvalue weighted by atomic mass is 32.2. The van der Waals surface area contributed by atoms with Crippen molar-refractivity contribution in [2.45, 2.75) is 26.7 Å². The Bertz CT molecular complexity index is 346. The number of sulfone groups is 1. The molecule has 6 heteroatoms. The lowest BCUT2D eigenvalue weighted by molar-refractivity contribution is 0.0588. The van der Waals surface area contributed by atoms with Gasteiger partial charge in [0.1, 0.15) is 9.84 Å². The summed E-state index contributed by atoms with van der Waals surface area (Å²) in [6, 6.07) is 0. The zero-order valence-electron chi connectivity index (χ0n) is 10.5. The average molecular weight is 263 g/mol. The summed E-state index contributed by atoms with van der Waals surface area (Å²) in [5.74, 6) is 0.436. The number of carbonyl (C=O) groups excluding carboxylic acids is 1. The standard InChI is InChI=1S/C11H21NO4S/c1-3-5-6-16-11(13)12-7-10(8-12)9-17(14,15)4-2/h10H,3-9H2,1-2H3. The molecule has 0 aliphatic carbocycles. The first kappa shape index (κ1) is 14.3. The van der Waals surface area contributed by atoms with Gasteiger partial charge in [-0.25, -0.2) is 13.2 Å². The molecule has 1 amide bonds. The predicted octanol–water partition coefficient (Wildman–Crippen LogP) is 1.29. The van der Waals surface area contributed by atoms with E-state index in [1.807, 2.05) is 6.92 Å². The smallest absolute Gasteiger partial charge is 0.409 e. The monoisotopic (exact) mass is 263 g/mol. The first-order valence-corrected chi connectivity index (χ1v) is 7.92. The number of carbonyl (C=O) groups is 1. The van der Waals surface area contributed by atoms with Crippen molar-refractivity contribution < 1.29 is 17.9 Å². The van der Waals surface area contributed by atoms with Gasteiger partial charge in [-0.3, -0.25) is 0 Å². The second-order valence-corrected chi connectivity index (χ2v) is 6.84. The average Bonchev–Trinajstić information content (AvgIpc) is 2.23. The van der Waals surface area contributed by atoms with Crippen LogP contribution in [-0.4, -0.2) is 50.6 Å². The SMILES string of the molecule is CCCCOC(=O)N1CC(CS(=O)(=O)CC)C1. The maximum atomic E-state index is 11.4. The lowest BCUT2D eigenvalue weighted by Crippen LogP contribution is -2.52. The van der Waals surface area contributed by atoms with Crippen LogP contribution in [0.25, 0.3) is 0 Å². The van der Waals surface area contributed by atoms with E-state index in [1.165, 1.54) is 0 Å². The number of rotatable bonds is 6. The first-order chi connectivity index (χ1) is 7.98. The van der Waals surface area contributed by atoms with Gasteiger partial charge < -0.3 is 9.64 Å². The predicted molar refractivity (Wildman–Crippen MR) is 65.6 cm³/mol. The minimum Gasteiger partial charge on any atom is -0.449 e. The Hall–Kier alpha value is -0.780. The third kappa shape index (κ3) is 4.53. The zero-order chi connectivity index (χ0) is 12.9. The Morgan fingerprint density at radius 2 is 2.00 bits per heavy atom. The van der Waals surface area contributed by atoms with Gasteiger partial charge in [-0.05, 0) is 6.42 Å². The molecule has 17 heavy (non-hydrogen) atoms. The molecule has 0 aromatic heterocycles. The van der Waals surface area contributed by atoms with Gasteiger partial charge in [0.25, 0.3) is 0 Å². The fourth-order valence-electron chi connectivity index (χ4n) is 1.70. The molecule has 0 unspecified atom stereocenters. The van der Waals surface area contributed by atoms with Crippen LogP contribution in [0.1, 0.15) is 26.7 Å². The molecule has 1 aliphatic heterocycles. The summed E-state index contributed by atoms with van der Waals surface area (Å²) < 4.78 is 27.7. The molecule has 1 rings (SSSR count). The van der Waals surface area contributed by atoms with Crippen LogP contribution in [0.4, 0.5) is 4.79 Å². The number of likely N-dealkylation sites (tertiary alicyclic amines) is 1. The fraction of sp³-hybridized carbons (Fsp3) is 0.909. The van der Waals surface area contributed by atoms with Gasteiger partial charge in [0, 0.05) is 24.8 Å². The van der Waals surface area contributed by atoms with Gasteiger partial charge in [-0.2, -0.15) is 0 Å². The van der Waals surface area contributed by atoms with E-state index in [-0.39, 0.29) is 23.5 Å². The Kier molecular flexibility index (Phi) is 5.24. The van der Waals surface area contributed by atoms with Crippen LogP contribution >= 0.6 is 0 Å². The quantitative estimate of drug-likeness (QED) is 0.677. The molecule has 1 aliphatic rings. The summed E-state index contributed by atoms with van der Waals surface area (Å²) in [5.41, 5.74) is 0. The van der Waals surface area contributed by atoms with E-state index in [0.29, 0.717) is 19.7 Å². The van der Waals surface area contributed by atoms with E-state index in [0.717, 1.165) is 12.8 Å². The minimum absolute atomic E-state index is 0.0821. The van der Waals surface area contributed by atoms with Gasteiger partial charge >= 0.3 is 6.09 Å². The number of hydrogen-bond acceptors (Lipinski definition) is 4. The van der Waals surface area contributed by atoms with Gasteiger partial charge in [-0.1, -0.05) is 20.3 Å². The Labute approximate surface area is 103 Å². The van der Waals surface area contributed by atoms with Crippen molar-refractivity contribution in [2.24, 2.45) is 5.92 Å². The number of ether oxygens (including phenoxy) is 1. The van der Waals surface area contributed by atoms with Crippen LogP contribution in [0.3, 0.4) is 0 Å². The lowest BCUT2D eigenvalue weighted by atomic mass is 10.0. The molecule has 0 saturated carbocycles. The van der Waals surface area contributed by atoms with Crippen molar-refractivity contribution in [1.82, 2.24) is 4.90 Å². The summed E-state index contributed by atoms with van der Waals surface area (Å²) >= 11 is 0. The Morgan fingerprint density at radius 3 is 2.53 bits per heavy atom. The molecule has 100 valence electrons. The maximum Gasteiger partial charge on any atom is 0.409 e. The van der Waals surface area contributed by atoms with Crippen molar-refractivity contribution in [3.8, 4) is 0 Å². The number of unbranched alkanes of at least 4 members (excludes halogenated alkanes) is 1. The largest absolute Gasteiger partial charge is 0.449 e. The summed E-state index contributed by atoms with van der Waals surface area (Å²) in [7, 11) is -2.93. The molecule has 0 radical (unpaired) electrons. The molecular formula is C11H21NO4S. The van der Waals surface area contributed by atoms with Crippen molar-refractivity contribution >= 4 is 15.9 Å². The molecule has 1 heterocycles. The second-order valence-electron chi connectivity index (χ2n) is 4.44. The molecule has 1 saturated heterocycles. The van der Waals surface area contributed by atoms with Crippen molar-refractivity contribution in [3.05, 3.63) is 0 Å². The topological polar surface area (TPSA) is 63.7 Å². The maximum absolute atomic E-state index is 11.4. The van der Waals surface area contributed by atoms with Gasteiger partial charge in [0.2, 0.25) is 0 Å². The molecular weight excluding hydrogens is 242 g/mol. The van der Waals surface area contributed by atoms with Crippen molar-refractivity contribution in [3.63, 3.8) is 0 Å². The third-order valence-corrected chi connectivity index (χ3v) is 4.73. The minimum atomic E-state index is -2.93. The number of nitrogens with zero attached hydrogens (tertiary/aromatic N) is 1. The summed E-state index contributed by atoms with van der Waals surface area (Å²) in [4.78, 5) is 13.0. The van der Waals surface area contributed by atoms with Crippen LogP contribution in [0.15, 0.2) is 0 Å². The molecule has 0 aromatic rings. The van der Waals surface area contributed by atoms with E-state index >= 15 is 0 Å². The fourth-order valence-corrected chi connectivity index (χ4v) is 2.86. The van der Waals surface area contributed by atoms with Crippen molar-refractivity contribution in [1.29, 1.82) is 0 Å². The Balaban J connectivity index is 2.20. The van der Waals surface area contributed by atoms with Crippen LogP contribution in [0.5, 0.6) is 0 Å². The Morgan fingerprint density at radius 1 is 1.35 bits per heavy atom. The number of hydrogen-bond donors (Lipinski definition) is 0. The van der Waals surface area contributed by atoms with Gasteiger partial charge in [0.15, 0.2) is 0 Å². The zero-order valence-corrected chi connectivity index (χ0v) is 11.3. The molecule has 0 aromatic carbocycles. The van der Waals surface area contributed by atoms with E-state index in [1.54, 1.807) is 11.8 Å². The molecule has 0 bridgehead atoms. The molecule has 1 fully saturated rings. The molecule has 0 spiro atoms. The highest BCUT2D eigenvalue weighted by Crippen LogP contribution is 2.18. The van der Waals surface area contributed by atoms with Gasteiger partial charge in [0.05, 0.1) is 12.4 Å². The van der Waals surface area contributed by atoms with E-state index in [2.05, 4.69) is 0 Å². The highest BCUT2D eigenvalue weighted by Gasteiger charge is 2.34. The highest BCUT2D eigenvalue weighted by molar-refractivity contribution is 7.91. The summed E-state index contributed by atoms with van der Waals surface area (Å²) in [5, 5.41) is 0. The van der Waals surface area contributed by atoms with E-state index in [9.17, 15) is 13.2 Å². The van der Waals surface area contributed by atoms with Gasteiger partial charge in [-0.15, -0.1) is 0 Å². The van der Waals surface area contributed by atoms with E-state index < -0.39 is 9.84 Å². The molecule has 0 atom stereocenters. The van der Waals surface area contributed by atoms with Crippen LogP contribution < -0.4 is 0 Å². The third-order valence-electron chi connectivity index (χ3n) is 2.87. The normalized spacial score (nSPS) is 16.7. The number of amides is 1. The van der Waals surface area contributed by atoms with E-state index in [4.69, 9.17) is 4.74 Å². The molecule has 0 N–H and O–H groups in total. The van der Waals surface area contributed by atoms with Crippen LogP contribution in [-0.2, 0) is 14.6 Å². The summed E-state index contributed by atoms with van der Waals surface area (Å²) in [6.07, 6.45) is 1.54. The van der Waals surface area contributed by atoms with Crippen LogP contribution in [0, 0.1) is 5.92 Å². The second kappa shape index (κ2) is 6.23.